The van der Waals surface area contributed by atoms with E-state index in [-0.39, 0.29) is 6.42 Å². The number of carbonyl (C=O) groups is 3. The monoisotopic (exact) mass is 482 g/mol. The molecule has 36 heavy (non-hydrogen) atoms. The molecule has 0 aliphatic heterocycles. The molecule has 0 fully saturated rings. The number of aliphatic hydroxyl groups excluding tert-OH is 1. The molecule has 182 valence electrons. The average molecular weight is 483 g/mol. The molecule has 0 bridgehead atoms. The van der Waals surface area contributed by atoms with Crippen molar-refractivity contribution in [3.05, 3.63) is 120 Å². The summed E-state index contributed by atoms with van der Waals surface area (Å²) in [5.74, 6) is -2.60. The molecule has 7 nitrogen and oxygen atoms in total. The summed E-state index contributed by atoms with van der Waals surface area (Å²) in [5, 5.41) is 27.8. The lowest BCUT2D eigenvalue weighted by molar-refractivity contribution is -0.143. The van der Waals surface area contributed by atoms with Crippen molar-refractivity contribution in [1.29, 1.82) is 0 Å². The van der Waals surface area contributed by atoms with Crippen LogP contribution in [0.5, 0.6) is 0 Å². The predicted octanol–water partition coefficient (Wildman–Crippen LogP) is 3.48. The first kappa shape index (κ1) is 24.6. The summed E-state index contributed by atoms with van der Waals surface area (Å²) in [6.07, 6.45) is -1.69. The van der Waals surface area contributed by atoms with Crippen LogP contribution in [0.25, 0.3) is 10.8 Å². The smallest absolute Gasteiger partial charge is 0.326 e. The molecule has 7 heteroatoms. The second kappa shape index (κ2) is 11.3. The summed E-state index contributed by atoms with van der Waals surface area (Å²) in [6.45, 7) is 0. The summed E-state index contributed by atoms with van der Waals surface area (Å²) in [6, 6.07) is 27.9. The van der Waals surface area contributed by atoms with E-state index in [1.807, 2.05) is 42.5 Å². The Kier molecular flexibility index (Phi) is 7.72. The van der Waals surface area contributed by atoms with E-state index in [0.29, 0.717) is 11.1 Å². The van der Waals surface area contributed by atoms with Gasteiger partial charge in [-0.2, -0.15) is 0 Å². The van der Waals surface area contributed by atoms with Crippen LogP contribution < -0.4 is 10.6 Å². The second-order valence-electron chi connectivity index (χ2n) is 8.46. The average Bonchev–Trinajstić information content (AvgIpc) is 2.91. The molecule has 4 aromatic rings. The number of carboxylic acid groups (broad SMARTS) is 1. The summed E-state index contributed by atoms with van der Waals surface area (Å²) in [5.41, 5.74) is 1.60. The van der Waals surface area contributed by atoms with Crippen LogP contribution in [0.3, 0.4) is 0 Å². The van der Waals surface area contributed by atoms with E-state index >= 15 is 0 Å². The largest absolute Gasteiger partial charge is 0.480 e. The minimum Gasteiger partial charge on any atom is -0.480 e. The maximum absolute atomic E-state index is 13.0. The highest BCUT2D eigenvalue weighted by atomic mass is 16.4. The third-order valence-electron chi connectivity index (χ3n) is 5.93. The number of aliphatic carboxylic acids is 1. The van der Waals surface area contributed by atoms with Gasteiger partial charge in [0.05, 0.1) is 6.04 Å². The lowest BCUT2D eigenvalue weighted by Gasteiger charge is -2.25. The fourth-order valence-corrected chi connectivity index (χ4v) is 4.03. The van der Waals surface area contributed by atoms with Gasteiger partial charge in [0.2, 0.25) is 0 Å². The fraction of sp³-hybridized carbons (Fsp3) is 0.138. The Hall–Kier alpha value is -4.49. The van der Waals surface area contributed by atoms with Crippen molar-refractivity contribution < 1.29 is 24.6 Å². The Morgan fingerprint density at radius 2 is 1.33 bits per heavy atom. The van der Waals surface area contributed by atoms with E-state index in [4.69, 9.17) is 0 Å². The number of nitrogens with one attached hydrogen (secondary N) is 2. The number of aliphatic hydroxyl groups is 1. The number of rotatable bonds is 9. The van der Waals surface area contributed by atoms with E-state index in [0.717, 1.165) is 16.3 Å². The first-order chi connectivity index (χ1) is 17.4. The van der Waals surface area contributed by atoms with Crippen LogP contribution in [-0.4, -0.2) is 40.1 Å². The number of carbonyl (C=O) groups excluding carboxylic acids is 2. The summed E-state index contributed by atoms with van der Waals surface area (Å²) in [7, 11) is 0. The van der Waals surface area contributed by atoms with Crippen LogP contribution in [-0.2, 0) is 16.0 Å². The minimum absolute atomic E-state index is 0.0327. The number of hydrogen-bond donors (Lipinski definition) is 4. The molecule has 0 unspecified atom stereocenters. The van der Waals surface area contributed by atoms with Gasteiger partial charge in [0.25, 0.3) is 11.8 Å². The first-order valence-electron chi connectivity index (χ1n) is 11.5. The van der Waals surface area contributed by atoms with Crippen molar-refractivity contribution in [3.63, 3.8) is 0 Å². The van der Waals surface area contributed by atoms with Gasteiger partial charge in [0.15, 0.2) is 6.10 Å². The Morgan fingerprint density at radius 3 is 2.00 bits per heavy atom. The number of amides is 2. The highest BCUT2D eigenvalue weighted by Crippen LogP contribution is 2.20. The highest BCUT2D eigenvalue weighted by Gasteiger charge is 2.32. The first-order valence-corrected chi connectivity index (χ1v) is 11.5. The molecule has 4 N–H and O–H groups in total. The summed E-state index contributed by atoms with van der Waals surface area (Å²) < 4.78 is 0. The molecule has 4 rings (SSSR count). The fourth-order valence-electron chi connectivity index (χ4n) is 4.03. The number of fused-ring (bicyclic) bond motifs is 1. The van der Waals surface area contributed by atoms with Gasteiger partial charge in [-0.3, -0.25) is 9.59 Å². The van der Waals surface area contributed by atoms with Gasteiger partial charge in [0, 0.05) is 12.0 Å². The van der Waals surface area contributed by atoms with Crippen LogP contribution in [0.2, 0.25) is 0 Å². The molecular formula is C29H26N2O5. The molecule has 2 amide bonds. The van der Waals surface area contributed by atoms with Gasteiger partial charge >= 0.3 is 5.97 Å². The molecule has 0 aliphatic rings. The van der Waals surface area contributed by atoms with Crippen molar-refractivity contribution in [2.45, 2.75) is 24.6 Å². The van der Waals surface area contributed by atoms with Gasteiger partial charge in [0.1, 0.15) is 6.04 Å². The highest BCUT2D eigenvalue weighted by molar-refractivity contribution is 5.95. The minimum atomic E-state index is -1.72. The Morgan fingerprint density at radius 1 is 0.722 bits per heavy atom. The molecule has 0 radical (unpaired) electrons. The zero-order valence-corrected chi connectivity index (χ0v) is 19.4. The second-order valence-corrected chi connectivity index (χ2v) is 8.46. The normalized spacial score (nSPS) is 13.4. The van der Waals surface area contributed by atoms with Gasteiger partial charge in [-0.1, -0.05) is 91.0 Å². The van der Waals surface area contributed by atoms with E-state index in [2.05, 4.69) is 10.6 Å². The van der Waals surface area contributed by atoms with Crippen molar-refractivity contribution in [2.24, 2.45) is 0 Å². The SMILES string of the molecule is O=C(N[C@@H](c1ccccc1)[C@@H](O)C(=O)N[C@H](Cc1ccc2ccccc2c1)C(=O)O)c1ccccc1. The molecule has 0 aromatic heterocycles. The predicted molar refractivity (Wildman–Crippen MR) is 136 cm³/mol. The summed E-state index contributed by atoms with van der Waals surface area (Å²) in [4.78, 5) is 37.8. The summed E-state index contributed by atoms with van der Waals surface area (Å²) >= 11 is 0. The van der Waals surface area contributed by atoms with Crippen LogP contribution in [0, 0.1) is 0 Å². The number of carboxylic acids is 1. The van der Waals surface area contributed by atoms with Gasteiger partial charge in [-0.05, 0) is 34.0 Å². The van der Waals surface area contributed by atoms with Gasteiger partial charge < -0.3 is 20.8 Å². The zero-order chi connectivity index (χ0) is 25.5. The quantitative estimate of drug-likeness (QED) is 0.292. The van der Waals surface area contributed by atoms with E-state index in [1.54, 1.807) is 60.7 Å². The Bertz CT molecular complexity index is 1360. The Balaban J connectivity index is 1.52. The van der Waals surface area contributed by atoms with Crippen molar-refractivity contribution in [2.75, 3.05) is 0 Å². The van der Waals surface area contributed by atoms with Crippen LogP contribution >= 0.6 is 0 Å². The van der Waals surface area contributed by atoms with Gasteiger partial charge in [-0.25, -0.2) is 4.79 Å². The molecule has 0 spiro atoms. The van der Waals surface area contributed by atoms with Crippen molar-refractivity contribution in [3.8, 4) is 0 Å². The molecular weight excluding hydrogens is 456 g/mol. The maximum atomic E-state index is 13.0. The molecule has 3 atom stereocenters. The molecule has 0 aliphatic carbocycles. The lowest BCUT2D eigenvalue weighted by atomic mass is 9.98. The Labute approximate surface area is 208 Å². The molecule has 4 aromatic carbocycles. The number of benzene rings is 4. The van der Waals surface area contributed by atoms with E-state index in [9.17, 15) is 24.6 Å². The van der Waals surface area contributed by atoms with Crippen molar-refractivity contribution in [1.82, 2.24) is 10.6 Å². The zero-order valence-electron chi connectivity index (χ0n) is 19.4. The molecule has 0 saturated carbocycles. The van der Waals surface area contributed by atoms with Crippen LogP contribution in [0.15, 0.2) is 103 Å². The lowest BCUT2D eigenvalue weighted by Crippen LogP contribution is -2.50. The molecule has 0 heterocycles. The van der Waals surface area contributed by atoms with Crippen LogP contribution in [0.4, 0.5) is 0 Å². The standard InChI is InChI=1S/C29H26N2O5/c32-26(25(21-10-3-1-4-11-21)31-27(33)22-12-5-2-6-13-22)28(34)30-24(29(35)36)18-19-15-16-20-9-7-8-14-23(20)17-19/h1-17,24-26,32H,18H2,(H,30,34)(H,31,33)(H,35,36)/t24-,25+,26-/m1/s1. The topological polar surface area (TPSA) is 116 Å². The maximum Gasteiger partial charge on any atom is 0.326 e. The number of hydrogen-bond acceptors (Lipinski definition) is 4. The third kappa shape index (κ3) is 5.95. The van der Waals surface area contributed by atoms with E-state index < -0.39 is 36.0 Å². The third-order valence-corrected chi connectivity index (χ3v) is 5.93. The van der Waals surface area contributed by atoms with E-state index in [1.165, 1.54) is 0 Å². The van der Waals surface area contributed by atoms with Crippen LogP contribution in [0.1, 0.15) is 27.5 Å². The van der Waals surface area contributed by atoms with Gasteiger partial charge in [-0.15, -0.1) is 0 Å². The van der Waals surface area contributed by atoms with Crippen molar-refractivity contribution >= 4 is 28.6 Å². The molecule has 0 saturated heterocycles.